The monoisotopic (exact) mass is 395 g/mol. The number of unbranched alkanes of at least 4 members (excludes halogenated alkanes) is 2. The number of rotatable bonds is 6. The molecular formula is C21H25N5O3. The molecule has 0 unspecified atom stereocenters. The lowest BCUT2D eigenvalue weighted by Crippen LogP contribution is -2.37. The second-order valence-electron chi connectivity index (χ2n) is 7.29. The van der Waals surface area contributed by atoms with Gasteiger partial charge in [0.2, 0.25) is 5.78 Å². The molecule has 0 amide bonds. The molecule has 8 nitrogen and oxygen atoms in total. The molecule has 0 spiro atoms. The summed E-state index contributed by atoms with van der Waals surface area (Å²) in [5, 5.41) is 0. The maximum absolute atomic E-state index is 12.8. The fraction of sp³-hybridized carbons (Fsp3) is 0.381. The summed E-state index contributed by atoms with van der Waals surface area (Å²) < 4.78 is 12.3. The van der Waals surface area contributed by atoms with Crippen LogP contribution in [0.25, 0.3) is 22.6 Å². The highest BCUT2D eigenvalue weighted by Gasteiger charge is 2.20. The van der Waals surface area contributed by atoms with E-state index in [9.17, 15) is 9.59 Å². The molecule has 0 aliphatic rings. The van der Waals surface area contributed by atoms with E-state index < -0.39 is 5.69 Å². The van der Waals surface area contributed by atoms with E-state index in [4.69, 9.17) is 4.74 Å². The number of imidazole rings is 2. The van der Waals surface area contributed by atoms with E-state index in [0.29, 0.717) is 23.5 Å². The first kappa shape index (κ1) is 19.0. The standard InChI is InChI=1S/C21H25N5O3/c1-5-6-9-12-29-16-11-8-7-10-15(16)26-14(2)13-25-17-18(22-20(25)26)23(3)21(28)24(4)19(17)27/h7-8,10-11,13H,5-6,9,12H2,1-4H3. The van der Waals surface area contributed by atoms with Gasteiger partial charge in [-0.25, -0.2) is 4.79 Å². The number of fused-ring (bicyclic) bond motifs is 3. The maximum Gasteiger partial charge on any atom is 0.332 e. The third-order valence-electron chi connectivity index (χ3n) is 5.25. The molecule has 1 aromatic carbocycles. The molecule has 3 aromatic heterocycles. The molecular weight excluding hydrogens is 370 g/mol. The Labute approximate surface area is 167 Å². The number of hydrogen-bond donors (Lipinski definition) is 0. The van der Waals surface area contributed by atoms with Crippen LogP contribution in [0, 0.1) is 6.92 Å². The molecule has 0 aliphatic heterocycles. The van der Waals surface area contributed by atoms with Crippen molar-refractivity contribution >= 4 is 16.9 Å². The first-order valence-electron chi connectivity index (χ1n) is 9.84. The Hall–Kier alpha value is -3.29. The number of aromatic nitrogens is 5. The number of nitrogens with zero attached hydrogens (tertiary/aromatic N) is 5. The Morgan fingerprint density at radius 2 is 1.83 bits per heavy atom. The molecule has 0 saturated heterocycles. The SMILES string of the molecule is CCCCCOc1ccccc1-n1c(C)cn2c3c(=O)n(C)c(=O)n(C)c3nc12. The Morgan fingerprint density at radius 3 is 2.59 bits per heavy atom. The van der Waals surface area contributed by atoms with Gasteiger partial charge in [0.05, 0.1) is 12.3 Å². The van der Waals surface area contributed by atoms with Crippen LogP contribution in [0.5, 0.6) is 5.75 Å². The molecule has 152 valence electrons. The van der Waals surface area contributed by atoms with Crippen LogP contribution in [-0.4, -0.2) is 29.7 Å². The van der Waals surface area contributed by atoms with Crippen molar-refractivity contribution in [3.8, 4) is 11.4 Å². The smallest absolute Gasteiger partial charge is 0.332 e. The Bertz CT molecular complexity index is 1320. The van der Waals surface area contributed by atoms with Crippen LogP contribution < -0.4 is 16.0 Å². The molecule has 0 radical (unpaired) electrons. The van der Waals surface area contributed by atoms with Crippen LogP contribution in [0.1, 0.15) is 31.9 Å². The molecule has 0 atom stereocenters. The number of aryl methyl sites for hydroxylation is 2. The van der Waals surface area contributed by atoms with Crippen molar-refractivity contribution < 1.29 is 4.74 Å². The van der Waals surface area contributed by atoms with Crippen molar-refractivity contribution in [1.29, 1.82) is 0 Å². The van der Waals surface area contributed by atoms with Crippen LogP contribution in [0.2, 0.25) is 0 Å². The van der Waals surface area contributed by atoms with Gasteiger partial charge in [0.25, 0.3) is 5.56 Å². The van der Waals surface area contributed by atoms with Crippen LogP contribution >= 0.6 is 0 Å². The molecule has 0 saturated carbocycles. The summed E-state index contributed by atoms with van der Waals surface area (Å²) in [6.45, 7) is 4.77. The fourth-order valence-electron chi connectivity index (χ4n) is 3.68. The highest BCUT2D eigenvalue weighted by atomic mass is 16.5. The highest BCUT2D eigenvalue weighted by molar-refractivity contribution is 5.76. The highest BCUT2D eigenvalue weighted by Crippen LogP contribution is 2.28. The number of benzene rings is 1. The first-order valence-corrected chi connectivity index (χ1v) is 9.84. The van der Waals surface area contributed by atoms with E-state index in [2.05, 4.69) is 11.9 Å². The molecule has 0 aliphatic carbocycles. The van der Waals surface area contributed by atoms with Gasteiger partial charge in [-0.05, 0) is 25.5 Å². The minimum Gasteiger partial charge on any atom is -0.491 e. The van der Waals surface area contributed by atoms with Crippen LogP contribution in [0.4, 0.5) is 0 Å². The fourth-order valence-corrected chi connectivity index (χ4v) is 3.68. The van der Waals surface area contributed by atoms with Gasteiger partial charge in [-0.15, -0.1) is 0 Å². The van der Waals surface area contributed by atoms with Crippen molar-refractivity contribution in [3.05, 3.63) is 57.0 Å². The van der Waals surface area contributed by atoms with E-state index in [1.165, 1.54) is 11.6 Å². The van der Waals surface area contributed by atoms with Crippen molar-refractivity contribution in [1.82, 2.24) is 23.1 Å². The first-order chi connectivity index (χ1) is 14.0. The van der Waals surface area contributed by atoms with Crippen molar-refractivity contribution in [2.45, 2.75) is 33.1 Å². The molecule has 29 heavy (non-hydrogen) atoms. The average molecular weight is 395 g/mol. The third-order valence-corrected chi connectivity index (χ3v) is 5.25. The summed E-state index contributed by atoms with van der Waals surface area (Å²) in [6, 6.07) is 7.80. The predicted molar refractivity (Wildman–Crippen MR) is 112 cm³/mol. The topological polar surface area (TPSA) is 75.5 Å². The van der Waals surface area contributed by atoms with E-state index in [-0.39, 0.29) is 5.56 Å². The second kappa shape index (κ2) is 7.27. The van der Waals surface area contributed by atoms with E-state index >= 15 is 0 Å². The minimum absolute atomic E-state index is 0.364. The lowest BCUT2D eigenvalue weighted by Gasteiger charge is -2.13. The molecule has 4 aromatic rings. The van der Waals surface area contributed by atoms with E-state index in [1.807, 2.05) is 42.0 Å². The molecule has 0 fully saturated rings. The van der Waals surface area contributed by atoms with Gasteiger partial charge in [0, 0.05) is 26.0 Å². The second-order valence-corrected chi connectivity index (χ2v) is 7.29. The number of para-hydroxylation sites is 2. The number of ether oxygens (including phenoxy) is 1. The summed E-state index contributed by atoms with van der Waals surface area (Å²) >= 11 is 0. The van der Waals surface area contributed by atoms with Crippen LogP contribution in [-0.2, 0) is 14.1 Å². The number of hydrogen-bond acceptors (Lipinski definition) is 4. The zero-order valence-corrected chi connectivity index (χ0v) is 17.2. The predicted octanol–water partition coefficient (Wildman–Crippen LogP) is 2.55. The van der Waals surface area contributed by atoms with Gasteiger partial charge in [-0.3, -0.25) is 22.9 Å². The summed E-state index contributed by atoms with van der Waals surface area (Å²) in [5.41, 5.74) is 1.75. The zero-order valence-electron chi connectivity index (χ0n) is 17.2. The van der Waals surface area contributed by atoms with Crippen LogP contribution in [0.15, 0.2) is 40.1 Å². The largest absolute Gasteiger partial charge is 0.491 e. The quantitative estimate of drug-likeness (QED) is 0.470. The van der Waals surface area contributed by atoms with Gasteiger partial charge in [0.1, 0.15) is 5.75 Å². The lowest BCUT2D eigenvalue weighted by atomic mass is 10.2. The molecule has 0 N–H and O–H groups in total. The third kappa shape index (κ3) is 2.95. The summed E-state index contributed by atoms with van der Waals surface area (Å²) in [6.07, 6.45) is 5.12. The zero-order chi connectivity index (χ0) is 20.7. The Morgan fingerprint density at radius 1 is 1.07 bits per heavy atom. The Kier molecular flexibility index (Phi) is 4.77. The Balaban J connectivity index is 1.94. The van der Waals surface area contributed by atoms with E-state index in [0.717, 1.165) is 41.0 Å². The lowest BCUT2D eigenvalue weighted by molar-refractivity contribution is 0.305. The molecule has 0 bridgehead atoms. The van der Waals surface area contributed by atoms with Crippen molar-refractivity contribution in [2.75, 3.05) is 6.61 Å². The van der Waals surface area contributed by atoms with Gasteiger partial charge >= 0.3 is 5.69 Å². The average Bonchev–Trinajstić information content (AvgIpc) is 3.23. The molecule has 3 heterocycles. The minimum atomic E-state index is -0.397. The van der Waals surface area contributed by atoms with Crippen LogP contribution in [0.3, 0.4) is 0 Å². The normalized spacial score (nSPS) is 11.6. The van der Waals surface area contributed by atoms with Gasteiger partial charge in [0.15, 0.2) is 11.2 Å². The van der Waals surface area contributed by atoms with Gasteiger partial charge in [-0.1, -0.05) is 31.9 Å². The summed E-state index contributed by atoms with van der Waals surface area (Å²) in [5.74, 6) is 1.33. The molecule has 4 rings (SSSR count). The summed E-state index contributed by atoms with van der Waals surface area (Å²) in [7, 11) is 3.10. The van der Waals surface area contributed by atoms with Gasteiger partial charge in [-0.2, -0.15) is 4.98 Å². The molecule has 8 heteroatoms. The van der Waals surface area contributed by atoms with Crippen molar-refractivity contribution in [2.24, 2.45) is 14.1 Å². The van der Waals surface area contributed by atoms with Crippen molar-refractivity contribution in [3.63, 3.8) is 0 Å². The van der Waals surface area contributed by atoms with E-state index in [1.54, 1.807) is 11.4 Å². The maximum atomic E-state index is 12.8. The van der Waals surface area contributed by atoms with Gasteiger partial charge < -0.3 is 4.74 Å². The summed E-state index contributed by atoms with van der Waals surface area (Å²) in [4.78, 5) is 29.7.